The third-order valence-electron chi connectivity index (χ3n) is 1.73. The number of hydrogen-bond donors (Lipinski definition) is 0. The van der Waals surface area contributed by atoms with Crippen LogP contribution in [0.2, 0.25) is 4.47 Å². The van der Waals surface area contributed by atoms with E-state index in [2.05, 4.69) is 4.98 Å². The molecule has 14 heavy (non-hydrogen) atoms. The summed E-state index contributed by atoms with van der Waals surface area (Å²) in [6.07, 6.45) is 3.46. The van der Waals surface area contributed by atoms with Crippen LogP contribution in [0.1, 0.15) is 5.69 Å². The van der Waals surface area contributed by atoms with Crippen molar-refractivity contribution in [1.82, 2.24) is 9.55 Å². The van der Waals surface area contributed by atoms with E-state index in [1.165, 1.54) is 23.5 Å². The number of aromatic nitrogens is 2. The van der Waals surface area contributed by atoms with E-state index in [1.807, 2.05) is 9.95 Å². The van der Waals surface area contributed by atoms with Gasteiger partial charge in [-0.1, -0.05) is 11.6 Å². The number of rotatable bonds is 2. The summed E-state index contributed by atoms with van der Waals surface area (Å²) >= 11 is 7.11. The Bertz CT molecular complexity index is 471. The second-order valence-electron chi connectivity index (χ2n) is 2.80. The molecule has 2 aromatic heterocycles. The van der Waals surface area contributed by atoms with Crippen molar-refractivity contribution < 1.29 is 0 Å². The normalized spacial score (nSPS) is 10.4. The minimum atomic E-state index is 0.0116. The van der Waals surface area contributed by atoms with Crippen LogP contribution in [0, 0.1) is 0 Å². The van der Waals surface area contributed by atoms with Gasteiger partial charge < -0.3 is 4.57 Å². The molecule has 0 fully saturated rings. The van der Waals surface area contributed by atoms with Gasteiger partial charge in [0.15, 0.2) is 9.90 Å². The van der Waals surface area contributed by atoms with Gasteiger partial charge in [-0.05, 0) is 0 Å². The van der Waals surface area contributed by atoms with E-state index in [1.54, 1.807) is 12.4 Å². The van der Waals surface area contributed by atoms with Crippen molar-refractivity contribution >= 4 is 22.9 Å². The van der Waals surface area contributed by atoms with E-state index in [-0.39, 0.29) is 5.43 Å². The van der Waals surface area contributed by atoms with Gasteiger partial charge in [0.1, 0.15) is 0 Å². The highest BCUT2D eigenvalue weighted by atomic mass is 35.5. The summed E-state index contributed by atoms with van der Waals surface area (Å²) in [7, 11) is 0. The quantitative estimate of drug-likeness (QED) is 0.785. The largest absolute Gasteiger partial charge is 0.348 e. The van der Waals surface area contributed by atoms with Gasteiger partial charge in [0, 0.05) is 29.9 Å². The summed E-state index contributed by atoms with van der Waals surface area (Å²) in [5.41, 5.74) is 0.918. The standard InChI is InChI=1S/C9H7ClN2OS/c10-9-11-7(6-14-9)5-12-3-1-8(13)2-4-12/h1-4,6H,5H2. The molecule has 5 heteroatoms. The lowest BCUT2D eigenvalue weighted by atomic mass is 10.4. The molecule has 0 spiro atoms. The Balaban J connectivity index is 2.19. The molecule has 72 valence electrons. The van der Waals surface area contributed by atoms with Crippen molar-refractivity contribution in [3.8, 4) is 0 Å². The molecule has 0 N–H and O–H groups in total. The molecule has 3 nitrogen and oxygen atoms in total. The first-order valence-electron chi connectivity index (χ1n) is 4.00. The molecule has 2 aromatic rings. The zero-order valence-corrected chi connectivity index (χ0v) is 8.76. The van der Waals surface area contributed by atoms with E-state index in [0.717, 1.165) is 5.69 Å². The number of hydrogen-bond acceptors (Lipinski definition) is 3. The Labute approximate surface area is 89.6 Å². The minimum absolute atomic E-state index is 0.0116. The lowest BCUT2D eigenvalue weighted by molar-refractivity contribution is 0.771. The van der Waals surface area contributed by atoms with Crippen LogP contribution in [-0.4, -0.2) is 9.55 Å². The topological polar surface area (TPSA) is 34.9 Å². The molecule has 2 heterocycles. The monoisotopic (exact) mass is 226 g/mol. The van der Waals surface area contributed by atoms with Gasteiger partial charge in [-0.3, -0.25) is 4.79 Å². The van der Waals surface area contributed by atoms with Gasteiger partial charge in [-0.2, -0.15) is 0 Å². The van der Waals surface area contributed by atoms with E-state index in [9.17, 15) is 4.79 Å². The van der Waals surface area contributed by atoms with Crippen LogP contribution in [0.5, 0.6) is 0 Å². The SMILES string of the molecule is O=c1ccn(Cc2csc(Cl)n2)cc1. The van der Waals surface area contributed by atoms with Crippen LogP contribution in [0.15, 0.2) is 34.7 Å². The summed E-state index contributed by atoms with van der Waals surface area (Å²) in [5.74, 6) is 0. The Morgan fingerprint density at radius 3 is 2.71 bits per heavy atom. The number of halogens is 1. The zero-order valence-electron chi connectivity index (χ0n) is 7.18. The van der Waals surface area contributed by atoms with Gasteiger partial charge in [-0.15, -0.1) is 11.3 Å². The lowest BCUT2D eigenvalue weighted by Crippen LogP contribution is -2.04. The van der Waals surface area contributed by atoms with Gasteiger partial charge in [0.25, 0.3) is 0 Å². The molecule has 0 aliphatic carbocycles. The Hall–Kier alpha value is -1.13. The van der Waals surface area contributed by atoms with E-state index in [0.29, 0.717) is 11.0 Å². The molecule has 0 radical (unpaired) electrons. The fourth-order valence-corrected chi connectivity index (χ4v) is 1.86. The Morgan fingerprint density at radius 1 is 1.43 bits per heavy atom. The molecule has 0 aromatic carbocycles. The maximum atomic E-state index is 10.8. The highest BCUT2D eigenvalue weighted by molar-refractivity contribution is 7.13. The van der Waals surface area contributed by atoms with Crippen LogP contribution < -0.4 is 5.43 Å². The van der Waals surface area contributed by atoms with E-state index >= 15 is 0 Å². The highest BCUT2D eigenvalue weighted by Crippen LogP contribution is 2.15. The van der Waals surface area contributed by atoms with Crippen molar-refractivity contribution in [2.24, 2.45) is 0 Å². The zero-order chi connectivity index (χ0) is 9.97. The van der Waals surface area contributed by atoms with Crippen LogP contribution in [-0.2, 0) is 6.54 Å². The number of pyridine rings is 1. The fourth-order valence-electron chi connectivity index (χ4n) is 1.09. The molecule has 0 amide bonds. The molecule has 0 unspecified atom stereocenters. The van der Waals surface area contributed by atoms with Crippen molar-refractivity contribution in [3.63, 3.8) is 0 Å². The third kappa shape index (κ3) is 2.21. The summed E-state index contributed by atoms with van der Waals surface area (Å²) in [4.78, 5) is 14.9. The van der Waals surface area contributed by atoms with Crippen LogP contribution in [0.25, 0.3) is 0 Å². The van der Waals surface area contributed by atoms with Gasteiger partial charge in [-0.25, -0.2) is 4.98 Å². The minimum Gasteiger partial charge on any atom is -0.348 e. The molecule has 0 aliphatic heterocycles. The molecule has 0 saturated carbocycles. The molecule has 2 rings (SSSR count). The summed E-state index contributed by atoms with van der Waals surface area (Å²) < 4.78 is 2.42. The van der Waals surface area contributed by atoms with Gasteiger partial charge in [0.05, 0.1) is 12.2 Å². The molecule has 0 saturated heterocycles. The predicted octanol–water partition coefficient (Wildman–Crippen LogP) is 2.01. The van der Waals surface area contributed by atoms with Crippen molar-refractivity contribution in [3.05, 3.63) is 50.3 Å². The van der Waals surface area contributed by atoms with Crippen molar-refractivity contribution in [1.29, 1.82) is 0 Å². The van der Waals surface area contributed by atoms with Crippen LogP contribution >= 0.6 is 22.9 Å². The maximum Gasteiger partial charge on any atom is 0.183 e. The number of thiazole rings is 1. The fraction of sp³-hybridized carbons (Fsp3) is 0.111. The van der Waals surface area contributed by atoms with Gasteiger partial charge >= 0.3 is 0 Å². The predicted molar refractivity (Wildman–Crippen MR) is 56.9 cm³/mol. The lowest BCUT2D eigenvalue weighted by Gasteiger charge is -2.01. The average molecular weight is 227 g/mol. The maximum absolute atomic E-state index is 10.8. The van der Waals surface area contributed by atoms with Crippen LogP contribution in [0.4, 0.5) is 0 Å². The second kappa shape index (κ2) is 3.94. The molecular weight excluding hydrogens is 220 g/mol. The Morgan fingerprint density at radius 2 is 2.14 bits per heavy atom. The van der Waals surface area contributed by atoms with E-state index < -0.39 is 0 Å². The highest BCUT2D eigenvalue weighted by Gasteiger charge is 1.99. The Kier molecular flexibility index (Phi) is 2.65. The number of nitrogens with zero attached hydrogens (tertiary/aromatic N) is 2. The van der Waals surface area contributed by atoms with E-state index in [4.69, 9.17) is 11.6 Å². The first kappa shape index (κ1) is 9.43. The first-order valence-corrected chi connectivity index (χ1v) is 5.26. The van der Waals surface area contributed by atoms with Crippen molar-refractivity contribution in [2.45, 2.75) is 6.54 Å². The summed E-state index contributed by atoms with van der Waals surface area (Å²) in [5, 5.41) is 1.90. The van der Waals surface area contributed by atoms with Crippen molar-refractivity contribution in [2.75, 3.05) is 0 Å². The molecular formula is C9H7ClN2OS. The summed E-state index contributed by atoms with van der Waals surface area (Å²) in [6.45, 7) is 0.642. The molecule has 0 aliphatic rings. The first-order chi connectivity index (χ1) is 6.74. The summed E-state index contributed by atoms with van der Waals surface area (Å²) in [6, 6.07) is 3.04. The third-order valence-corrected chi connectivity index (χ3v) is 2.76. The molecule has 0 bridgehead atoms. The van der Waals surface area contributed by atoms with Gasteiger partial charge in [0.2, 0.25) is 0 Å². The average Bonchev–Trinajstić information content (AvgIpc) is 2.56. The molecule has 0 atom stereocenters. The second-order valence-corrected chi connectivity index (χ2v) is 4.24. The van der Waals surface area contributed by atoms with Crippen LogP contribution in [0.3, 0.4) is 0 Å². The smallest absolute Gasteiger partial charge is 0.183 e.